The summed E-state index contributed by atoms with van der Waals surface area (Å²) in [5.74, 6) is -0.0903. The van der Waals surface area contributed by atoms with Crippen LogP contribution in [0.25, 0.3) is 0 Å². The van der Waals surface area contributed by atoms with Crippen LogP contribution in [0.3, 0.4) is 0 Å². The SMILES string of the molecule is CC(O)[P+](C)(C)C.[OH-]. The van der Waals surface area contributed by atoms with Crippen LogP contribution in [0.1, 0.15) is 6.92 Å². The summed E-state index contributed by atoms with van der Waals surface area (Å²) in [5, 5.41) is 8.94. The van der Waals surface area contributed by atoms with Gasteiger partial charge in [0.2, 0.25) is 0 Å². The zero-order valence-corrected chi connectivity index (χ0v) is 6.81. The van der Waals surface area contributed by atoms with Crippen LogP contribution < -0.4 is 0 Å². The van der Waals surface area contributed by atoms with Gasteiger partial charge in [-0.25, -0.2) is 0 Å². The molecule has 0 aliphatic heterocycles. The van der Waals surface area contributed by atoms with Crippen molar-refractivity contribution < 1.29 is 10.6 Å². The van der Waals surface area contributed by atoms with E-state index in [2.05, 4.69) is 20.0 Å². The summed E-state index contributed by atoms with van der Waals surface area (Å²) < 4.78 is 0. The van der Waals surface area contributed by atoms with Crippen LogP contribution in [-0.2, 0) is 0 Å². The molecule has 0 rings (SSSR count). The van der Waals surface area contributed by atoms with Crippen molar-refractivity contribution in [2.24, 2.45) is 0 Å². The van der Waals surface area contributed by atoms with Gasteiger partial charge < -0.3 is 10.6 Å². The lowest BCUT2D eigenvalue weighted by molar-refractivity contribution is 0.276. The molecule has 0 aromatic rings. The molecule has 0 aliphatic rings. The van der Waals surface area contributed by atoms with Gasteiger partial charge in [0, 0.05) is 7.26 Å². The van der Waals surface area contributed by atoms with Crippen LogP contribution in [-0.4, -0.2) is 36.4 Å². The van der Waals surface area contributed by atoms with Gasteiger partial charge in [0.25, 0.3) is 0 Å². The van der Waals surface area contributed by atoms with E-state index in [1.165, 1.54) is 0 Å². The van der Waals surface area contributed by atoms with Gasteiger partial charge >= 0.3 is 0 Å². The quantitative estimate of drug-likeness (QED) is 0.550. The average Bonchev–Trinajstić information content (AvgIpc) is 1.31. The fraction of sp³-hybridized carbons (Fsp3) is 1.00. The van der Waals surface area contributed by atoms with Crippen LogP contribution in [0.15, 0.2) is 0 Å². The summed E-state index contributed by atoms with van der Waals surface area (Å²) in [6, 6.07) is 0. The standard InChI is InChI=1S/C5H14OP.H2O/c1-5(6)7(2,3)4;/h5-6H,1-4H3;1H2/q+1;/p-1. The minimum atomic E-state index is -0.932. The Morgan fingerprint density at radius 3 is 1.38 bits per heavy atom. The third-order valence-corrected chi connectivity index (χ3v) is 3.36. The van der Waals surface area contributed by atoms with E-state index in [9.17, 15) is 0 Å². The fourth-order valence-corrected chi connectivity index (χ4v) is 0. The molecule has 52 valence electrons. The van der Waals surface area contributed by atoms with Gasteiger partial charge in [-0.15, -0.1) is 0 Å². The Morgan fingerprint density at radius 2 is 1.38 bits per heavy atom. The van der Waals surface area contributed by atoms with E-state index in [-0.39, 0.29) is 11.3 Å². The Bertz CT molecular complexity index is 55.9. The molecule has 0 radical (unpaired) electrons. The first kappa shape index (κ1) is 11.2. The first-order valence-corrected chi connectivity index (χ1v) is 5.64. The number of aliphatic hydroxyl groups is 1. The summed E-state index contributed by atoms with van der Waals surface area (Å²) in [6.45, 7) is 8.22. The Morgan fingerprint density at radius 1 is 1.25 bits per heavy atom. The van der Waals surface area contributed by atoms with Crippen molar-refractivity contribution in [3.05, 3.63) is 0 Å². The predicted molar refractivity (Wildman–Crippen MR) is 38.3 cm³/mol. The predicted octanol–water partition coefficient (Wildman–Crippen LogP) is 1.05. The molecule has 0 aromatic heterocycles. The smallest absolute Gasteiger partial charge is 0.160 e. The second kappa shape index (κ2) is 3.39. The molecule has 0 saturated carbocycles. The molecule has 0 bridgehead atoms. The topological polar surface area (TPSA) is 50.2 Å². The monoisotopic (exact) mass is 138 g/mol. The van der Waals surface area contributed by atoms with E-state index in [0.29, 0.717) is 0 Å². The Balaban J connectivity index is 0. The zero-order chi connectivity index (χ0) is 6.08. The van der Waals surface area contributed by atoms with E-state index in [1.807, 2.05) is 6.92 Å². The van der Waals surface area contributed by atoms with Crippen molar-refractivity contribution in [3.8, 4) is 0 Å². The third kappa shape index (κ3) is 4.51. The maximum absolute atomic E-state index is 8.94. The van der Waals surface area contributed by atoms with Gasteiger partial charge in [-0.1, -0.05) is 0 Å². The lowest BCUT2D eigenvalue weighted by atomic mass is 10.9. The molecule has 0 saturated heterocycles. The molecular weight excluding hydrogens is 123 g/mol. The summed E-state index contributed by atoms with van der Waals surface area (Å²) in [7, 11) is -0.932. The molecule has 0 aliphatic carbocycles. The molecule has 3 heteroatoms. The van der Waals surface area contributed by atoms with Crippen molar-refractivity contribution in [2.45, 2.75) is 12.8 Å². The Kier molecular flexibility index (Phi) is 4.74. The highest BCUT2D eigenvalue weighted by Gasteiger charge is 2.23. The van der Waals surface area contributed by atoms with Gasteiger partial charge in [-0.2, -0.15) is 0 Å². The number of rotatable bonds is 1. The van der Waals surface area contributed by atoms with E-state index >= 15 is 0 Å². The number of hydrogen-bond acceptors (Lipinski definition) is 2. The molecular formula is C5H15O2P. The van der Waals surface area contributed by atoms with Gasteiger partial charge in [0.05, 0.1) is 20.0 Å². The lowest BCUT2D eigenvalue weighted by Gasteiger charge is -2.13. The number of aliphatic hydroxyl groups excluding tert-OH is 1. The van der Waals surface area contributed by atoms with Crippen LogP contribution >= 0.6 is 7.26 Å². The molecule has 0 heterocycles. The molecule has 1 unspecified atom stereocenters. The van der Waals surface area contributed by atoms with Crippen molar-refractivity contribution in [2.75, 3.05) is 20.0 Å². The summed E-state index contributed by atoms with van der Waals surface area (Å²) in [6.07, 6.45) is 0. The summed E-state index contributed by atoms with van der Waals surface area (Å²) in [4.78, 5) is 0. The third-order valence-electron chi connectivity index (χ3n) is 1.12. The van der Waals surface area contributed by atoms with Gasteiger partial charge in [-0.3, -0.25) is 0 Å². The molecule has 8 heavy (non-hydrogen) atoms. The molecule has 0 amide bonds. The fourth-order valence-electron chi connectivity index (χ4n) is 0. The first-order chi connectivity index (χ1) is 2.94. The van der Waals surface area contributed by atoms with Crippen LogP contribution in [0.5, 0.6) is 0 Å². The number of hydrogen-bond donors (Lipinski definition) is 1. The van der Waals surface area contributed by atoms with E-state index < -0.39 is 7.26 Å². The maximum Gasteiger partial charge on any atom is 0.160 e. The minimum absolute atomic E-state index is 0. The van der Waals surface area contributed by atoms with Gasteiger partial charge in [-0.05, 0) is 6.92 Å². The van der Waals surface area contributed by atoms with Gasteiger partial charge in [0.15, 0.2) is 5.85 Å². The van der Waals surface area contributed by atoms with Crippen LogP contribution in [0, 0.1) is 0 Å². The largest absolute Gasteiger partial charge is 0.870 e. The van der Waals surface area contributed by atoms with E-state index in [4.69, 9.17) is 5.11 Å². The molecule has 0 aromatic carbocycles. The first-order valence-electron chi connectivity index (χ1n) is 2.44. The Labute approximate surface area is 51.6 Å². The summed E-state index contributed by atoms with van der Waals surface area (Å²) >= 11 is 0. The lowest BCUT2D eigenvalue weighted by Crippen LogP contribution is -2.03. The van der Waals surface area contributed by atoms with E-state index in [1.54, 1.807) is 0 Å². The van der Waals surface area contributed by atoms with Crippen molar-refractivity contribution in [1.29, 1.82) is 0 Å². The maximum atomic E-state index is 8.94. The zero-order valence-electron chi connectivity index (χ0n) is 5.92. The van der Waals surface area contributed by atoms with Crippen molar-refractivity contribution in [1.82, 2.24) is 0 Å². The average molecular weight is 138 g/mol. The molecule has 1 atom stereocenters. The van der Waals surface area contributed by atoms with Crippen LogP contribution in [0.2, 0.25) is 0 Å². The molecule has 0 spiro atoms. The Hall–Kier alpha value is 0.350. The highest BCUT2D eigenvalue weighted by atomic mass is 31.2. The van der Waals surface area contributed by atoms with Crippen molar-refractivity contribution in [3.63, 3.8) is 0 Å². The second-order valence-corrected chi connectivity index (χ2v) is 7.73. The second-order valence-electron chi connectivity index (χ2n) is 2.75. The molecule has 2 nitrogen and oxygen atoms in total. The van der Waals surface area contributed by atoms with E-state index in [0.717, 1.165) is 0 Å². The van der Waals surface area contributed by atoms with Gasteiger partial charge in [0.1, 0.15) is 0 Å². The summed E-state index contributed by atoms with van der Waals surface area (Å²) in [5.41, 5.74) is 0. The molecule has 2 N–H and O–H groups in total. The normalized spacial score (nSPS) is 14.6. The van der Waals surface area contributed by atoms with Crippen LogP contribution in [0.4, 0.5) is 0 Å². The molecule has 0 fully saturated rings. The highest BCUT2D eigenvalue weighted by molar-refractivity contribution is 7.74. The minimum Gasteiger partial charge on any atom is -0.870 e. The highest BCUT2D eigenvalue weighted by Crippen LogP contribution is 2.50. The van der Waals surface area contributed by atoms with Crippen molar-refractivity contribution >= 4 is 7.26 Å².